The Labute approximate surface area is 141 Å². The van der Waals surface area contributed by atoms with E-state index in [2.05, 4.69) is 11.5 Å². The number of nitrogens with zero attached hydrogens (tertiary/aromatic N) is 1. The number of allylic oxidation sites excluding steroid dienone is 1. The Morgan fingerprint density at radius 1 is 1.46 bits per heavy atom. The Morgan fingerprint density at radius 3 is 2.92 bits per heavy atom. The number of hydrogen-bond acceptors (Lipinski definition) is 6. The molecule has 3 aliphatic rings. The van der Waals surface area contributed by atoms with Gasteiger partial charge in [-0.25, -0.2) is 9.59 Å². The second-order valence-corrected chi connectivity index (χ2v) is 6.69. The van der Waals surface area contributed by atoms with Crippen molar-refractivity contribution in [3.8, 4) is 0 Å². The van der Waals surface area contributed by atoms with Gasteiger partial charge in [0, 0.05) is 25.1 Å². The predicted molar refractivity (Wildman–Crippen MR) is 87.0 cm³/mol. The standard InChI is InChI=1S/C18H23NO5/c1-4-12-9-11(2)18(3,22)17(21)23-10-13-5-7-19-8-6-14(15(13)19)24-16(12)20/h4-5,14-15,22H,2,6-10H2,1,3H3/b12-4+/t14-,15?,18?/m1/s1. The zero-order valence-electron chi connectivity index (χ0n) is 14.1. The van der Waals surface area contributed by atoms with E-state index in [4.69, 9.17) is 9.47 Å². The Hall–Kier alpha value is -1.92. The van der Waals surface area contributed by atoms with Crippen molar-refractivity contribution in [3.63, 3.8) is 0 Å². The molecule has 0 amide bonds. The monoisotopic (exact) mass is 333 g/mol. The first kappa shape index (κ1) is 16.9. The van der Waals surface area contributed by atoms with E-state index in [1.165, 1.54) is 6.92 Å². The maximum Gasteiger partial charge on any atom is 0.342 e. The highest BCUT2D eigenvalue weighted by Gasteiger charge is 2.44. The van der Waals surface area contributed by atoms with Crippen molar-refractivity contribution in [2.24, 2.45) is 0 Å². The molecule has 0 aromatic rings. The summed E-state index contributed by atoms with van der Waals surface area (Å²) in [6, 6.07) is -0.0487. The van der Waals surface area contributed by atoms with E-state index in [-0.39, 0.29) is 30.7 Å². The molecule has 0 aliphatic carbocycles. The van der Waals surface area contributed by atoms with Crippen LogP contribution in [0.25, 0.3) is 0 Å². The number of rotatable bonds is 0. The second kappa shape index (κ2) is 6.18. The van der Waals surface area contributed by atoms with E-state index in [1.807, 2.05) is 6.08 Å². The zero-order valence-corrected chi connectivity index (χ0v) is 14.1. The molecule has 2 saturated heterocycles. The number of carbonyl (C=O) groups excluding carboxylic acids is 2. The fourth-order valence-electron chi connectivity index (χ4n) is 3.47. The predicted octanol–water partition coefficient (Wildman–Crippen LogP) is 1.11. The third-order valence-electron chi connectivity index (χ3n) is 5.14. The maximum absolute atomic E-state index is 12.5. The Balaban J connectivity index is 1.92. The Kier molecular flexibility index (Phi) is 4.36. The molecule has 3 rings (SSSR count). The van der Waals surface area contributed by atoms with Gasteiger partial charge in [-0.3, -0.25) is 4.90 Å². The third kappa shape index (κ3) is 2.80. The molecule has 6 heteroatoms. The van der Waals surface area contributed by atoms with Gasteiger partial charge >= 0.3 is 11.9 Å². The average Bonchev–Trinajstić information content (AvgIpc) is 3.12. The smallest absolute Gasteiger partial charge is 0.342 e. The van der Waals surface area contributed by atoms with Crippen molar-refractivity contribution >= 4 is 11.9 Å². The van der Waals surface area contributed by atoms with Gasteiger partial charge in [0.1, 0.15) is 12.7 Å². The van der Waals surface area contributed by atoms with Crippen LogP contribution in [0.2, 0.25) is 0 Å². The van der Waals surface area contributed by atoms with Crippen molar-refractivity contribution in [3.05, 3.63) is 35.5 Å². The SMILES string of the molecule is C=C1C/C(=C\C)C(=O)O[C@@H]2CCN3CC=C(COC(=O)C1(C)O)C23. The molecule has 0 aromatic heterocycles. The highest BCUT2D eigenvalue weighted by atomic mass is 16.6. The van der Waals surface area contributed by atoms with Crippen LogP contribution in [0.3, 0.4) is 0 Å². The molecule has 3 aliphatic heterocycles. The number of carbonyl (C=O) groups is 2. The number of ether oxygens (including phenoxy) is 2. The van der Waals surface area contributed by atoms with Crippen LogP contribution in [-0.2, 0) is 19.1 Å². The highest BCUT2D eigenvalue weighted by molar-refractivity contribution is 5.90. The largest absolute Gasteiger partial charge is 0.459 e. The first-order valence-electron chi connectivity index (χ1n) is 8.21. The van der Waals surface area contributed by atoms with Crippen molar-refractivity contribution < 1.29 is 24.2 Å². The van der Waals surface area contributed by atoms with E-state index in [0.29, 0.717) is 5.57 Å². The molecule has 24 heavy (non-hydrogen) atoms. The van der Waals surface area contributed by atoms with Gasteiger partial charge in [0.05, 0.1) is 6.04 Å². The lowest BCUT2D eigenvalue weighted by Crippen LogP contribution is -2.42. The summed E-state index contributed by atoms with van der Waals surface area (Å²) >= 11 is 0. The van der Waals surface area contributed by atoms with Crippen LogP contribution in [0.4, 0.5) is 0 Å². The van der Waals surface area contributed by atoms with Gasteiger partial charge in [-0.05, 0) is 31.4 Å². The second-order valence-electron chi connectivity index (χ2n) is 6.69. The van der Waals surface area contributed by atoms with Gasteiger partial charge in [0.2, 0.25) is 0 Å². The molecular formula is C18H23NO5. The van der Waals surface area contributed by atoms with Crippen LogP contribution in [0.15, 0.2) is 35.5 Å². The number of cyclic esters (lactones) is 1. The first-order valence-corrected chi connectivity index (χ1v) is 8.21. The summed E-state index contributed by atoms with van der Waals surface area (Å²) in [7, 11) is 0. The topological polar surface area (TPSA) is 76.1 Å². The summed E-state index contributed by atoms with van der Waals surface area (Å²) in [4.78, 5) is 27.0. The van der Waals surface area contributed by atoms with Crippen molar-refractivity contribution in [2.45, 2.75) is 44.4 Å². The van der Waals surface area contributed by atoms with Crippen LogP contribution in [0, 0.1) is 0 Å². The molecule has 0 radical (unpaired) electrons. The minimum atomic E-state index is -1.85. The lowest BCUT2D eigenvalue weighted by atomic mass is 9.91. The molecule has 2 fully saturated rings. The van der Waals surface area contributed by atoms with Crippen LogP contribution in [0.1, 0.15) is 26.7 Å². The Bertz CT molecular complexity index is 646. The van der Waals surface area contributed by atoms with E-state index in [0.717, 1.165) is 25.1 Å². The van der Waals surface area contributed by atoms with Crippen molar-refractivity contribution in [2.75, 3.05) is 19.7 Å². The summed E-state index contributed by atoms with van der Waals surface area (Å²) < 4.78 is 11.1. The molecule has 130 valence electrons. The van der Waals surface area contributed by atoms with Crippen LogP contribution in [0.5, 0.6) is 0 Å². The Morgan fingerprint density at radius 2 is 2.21 bits per heavy atom. The summed E-state index contributed by atoms with van der Waals surface area (Å²) in [6.45, 7) is 8.53. The molecule has 3 heterocycles. The quantitative estimate of drug-likeness (QED) is 0.407. The van der Waals surface area contributed by atoms with E-state index in [9.17, 15) is 14.7 Å². The molecular weight excluding hydrogens is 310 g/mol. The number of hydrogen-bond donors (Lipinski definition) is 1. The van der Waals surface area contributed by atoms with Crippen LogP contribution in [-0.4, -0.2) is 59.4 Å². The molecule has 3 atom stereocenters. The molecule has 0 spiro atoms. The van der Waals surface area contributed by atoms with Gasteiger partial charge in [-0.2, -0.15) is 0 Å². The molecule has 1 N–H and O–H groups in total. The minimum Gasteiger partial charge on any atom is -0.459 e. The minimum absolute atomic E-state index is 0.0487. The molecule has 0 aromatic carbocycles. The van der Waals surface area contributed by atoms with Gasteiger partial charge in [0.25, 0.3) is 0 Å². The summed E-state index contributed by atoms with van der Waals surface area (Å²) in [5.74, 6) is -1.16. The normalized spacial score (nSPS) is 36.5. The number of esters is 2. The van der Waals surface area contributed by atoms with Gasteiger partial charge < -0.3 is 14.6 Å². The van der Waals surface area contributed by atoms with Gasteiger partial charge in [-0.1, -0.05) is 18.7 Å². The maximum atomic E-state index is 12.5. The highest BCUT2D eigenvalue weighted by Crippen LogP contribution is 2.33. The third-order valence-corrected chi connectivity index (χ3v) is 5.14. The summed E-state index contributed by atoms with van der Waals surface area (Å²) in [5.41, 5.74) is -0.330. The molecule has 0 saturated carbocycles. The molecule has 2 unspecified atom stereocenters. The fourth-order valence-corrected chi connectivity index (χ4v) is 3.47. The first-order chi connectivity index (χ1) is 11.3. The molecule has 0 bridgehead atoms. The van der Waals surface area contributed by atoms with Crippen LogP contribution < -0.4 is 0 Å². The average molecular weight is 333 g/mol. The van der Waals surface area contributed by atoms with Crippen molar-refractivity contribution in [1.29, 1.82) is 0 Å². The summed E-state index contributed by atoms with van der Waals surface area (Å²) in [6.07, 6.45) is 4.23. The van der Waals surface area contributed by atoms with Crippen molar-refractivity contribution in [1.82, 2.24) is 4.90 Å². The zero-order chi connectivity index (χ0) is 17.5. The lowest BCUT2D eigenvalue weighted by Gasteiger charge is -2.28. The van der Waals surface area contributed by atoms with E-state index in [1.54, 1.807) is 13.0 Å². The molecule has 6 nitrogen and oxygen atoms in total. The number of aliphatic hydroxyl groups is 1. The van der Waals surface area contributed by atoms with E-state index < -0.39 is 17.5 Å². The van der Waals surface area contributed by atoms with Gasteiger partial charge in [-0.15, -0.1) is 0 Å². The summed E-state index contributed by atoms with van der Waals surface area (Å²) in [5, 5.41) is 10.5. The van der Waals surface area contributed by atoms with Gasteiger partial charge in [0.15, 0.2) is 5.60 Å². The fraction of sp³-hybridized carbons (Fsp3) is 0.556. The lowest BCUT2D eigenvalue weighted by molar-refractivity contribution is -0.160. The van der Waals surface area contributed by atoms with Crippen LogP contribution >= 0.6 is 0 Å². The van der Waals surface area contributed by atoms with E-state index >= 15 is 0 Å².